The summed E-state index contributed by atoms with van der Waals surface area (Å²) in [5.41, 5.74) is 0. The molecule has 0 aromatic rings. The summed E-state index contributed by atoms with van der Waals surface area (Å²) in [4.78, 5) is 20.9. The van der Waals surface area contributed by atoms with Crippen LogP contribution in [-0.4, -0.2) is 11.5 Å². The molecule has 0 aromatic heterocycles. The van der Waals surface area contributed by atoms with E-state index >= 15 is 0 Å². The molecular weight excluding hydrogens is 174 g/mol. The maximum atomic E-state index is 11.0. The average molecular weight is 184 g/mol. The van der Waals surface area contributed by atoms with Gasteiger partial charge in [-0.3, -0.25) is 9.59 Å². The van der Waals surface area contributed by atoms with E-state index in [0.717, 1.165) is 11.8 Å². The van der Waals surface area contributed by atoms with Crippen molar-refractivity contribution in [2.24, 2.45) is 0 Å². The van der Waals surface area contributed by atoms with E-state index in [9.17, 15) is 9.59 Å². The Morgan fingerprint density at radius 1 is 1.50 bits per heavy atom. The summed E-state index contributed by atoms with van der Waals surface area (Å²) in [5, 5.41) is 2.71. The van der Waals surface area contributed by atoms with Crippen molar-refractivity contribution in [3.05, 3.63) is 30.7 Å². The average Bonchev–Trinajstić information content (AvgIpc) is 2.04. The Balaban J connectivity index is 3.83. The Morgan fingerprint density at radius 2 is 2.17 bits per heavy atom. The number of carbonyl (C=O) groups is 2. The Labute approximate surface area is 75.9 Å². The van der Waals surface area contributed by atoms with Gasteiger partial charge in [0.05, 0.1) is 0 Å². The van der Waals surface area contributed by atoms with Crippen LogP contribution in [-0.2, 0) is 9.59 Å². The molecule has 1 amide bonds. The van der Waals surface area contributed by atoms with Crippen LogP contribution >= 0.6 is 11.8 Å². The number of amides is 1. The SMILES string of the molecule is C=CCC(=O)S[C](C=C)NC=O. The van der Waals surface area contributed by atoms with Gasteiger partial charge >= 0.3 is 0 Å². The fourth-order valence-electron chi connectivity index (χ4n) is 0.470. The van der Waals surface area contributed by atoms with Gasteiger partial charge in [-0.1, -0.05) is 30.5 Å². The van der Waals surface area contributed by atoms with Crippen molar-refractivity contribution < 1.29 is 9.59 Å². The first kappa shape index (κ1) is 11.0. The quantitative estimate of drug-likeness (QED) is 0.499. The molecule has 1 N–H and O–H groups in total. The predicted octanol–water partition coefficient (Wildman–Crippen LogP) is 1.24. The minimum absolute atomic E-state index is 0.0748. The highest BCUT2D eigenvalue weighted by Gasteiger charge is 2.09. The zero-order chi connectivity index (χ0) is 9.40. The molecule has 0 rings (SSSR count). The lowest BCUT2D eigenvalue weighted by atomic mass is 10.5. The molecular formula is C8H10NO2S. The van der Waals surface area contributed by atoms with Crippen molar-refractivity contribution in [2.45, 2.75) is 6.42 Å². The summed E-state index contributed by atoms with van der Waals surface area (Å²) in [6.07, 6.45) is 3.71. The Hall–Kier alpha value is -1.03. The highest BCUT2D eigenvalue weighted by atomic mass is 32.2. The van der Waals surface area contributed by atoms with Gasteiger partial charge in [-0.05, 0) is 0 Å². The van der Waals surface area contributed by atoms with E-state index in [1.54, 1.807) is 0 Å². The number of hydrogen-bond acceptors (Lipinski definition) is 3. The third-order valence-corrected chi connectivity index (χ3v) is 1.82. The van der Waals surface area contributed by atoms with Gasteiger partial charge in [-0.25, -0.2) is 0 Å². The lowest BCUT2D eigenvalue weighted by Gasteiger charge is -2.05. The van der Waals surface area contributed by atoms with Crippen LogP contribution < -0.4 is 5.32 Å². The fraction of sp³-hybridized carbons (Fsp3) is 0.125. The second kappa shape index (κ2) is 6.67. The molecule has 0 aliphatic carbocycles. The van der Waals surface area contributed by atoms with E-state index < -0.39 is 0 Å². The molecule has 0 bridgehead atoms. The van der Waals surface area contributed by atoms with Crippen LogP contribution in [0.1, 0.15) is 6.42 Å². The molecule has 0 spiro atoms. The van der Waals surface area contributed by atoms with Gasteiger partial charge < -0.3 is 5.32 Å². The van der Waals surface area contributed by atoms with Crippen LogP contribution in [0.2, 0.25) is 0 Å². The maximum Gasteiger partial charge on any atom is 0.208 e. The Morgan fingerprint density at radius 3 is 2.58 bits per heavy atom. The molecule has 0 aliphatic heterocycles. The van der Waals surface area contributed by atoms with E-state index in [2.05, 4.69) is 18.5 Å². The number of carbonyl (C=O) groups excluding carboxylic acids is 2. The van der Waals surface area contributed by atoms with Gasteiger partial charge in [0.25, 0.3) is 0 Å². The molecule has 0 saturated heterocycles. The number of hydrogen-bond donors (Lipinski definition) is 1. The summed E-state index contributed by atoms with van der Waals surface area (Å²) in [7, 11) is 0. The highest BCUT2D eigenvalue weighted by Crippen LogP contribution is 2.18. The molecule has 65 valence electrons. The van der Waals surface area contributed by atoms with Crippen LogP contribution in [0.25, 0.3) is 0 Å². The second-order valence-corrected chi connectivity index (χ2v) is 2.90. The molecule has 0 saturated carbocycles. The summed E-state index contributed by atoms with van der Waals surface area (Å²) < 4.78 is 0. The number of rotatable bonds is 6. The number of nitrogens with one attached hydrogen (secondary N) is 1. The van der Waals surface area contributed by atoms with Crippen molar-refractivity contribution in [2.75, 3.05) is 0 Å². The Kier molecular flexibility index (Phi) is 6.09. The van der Waals surface area contributed by atoms with E-state index in [1.165, 1.54) is 12.2 Å². The summed E-state index contributed by atoms with van der Waals surface area (Å²) in [6.45, 7) is 6.86. The summed E-state index contributed by atoms with van der Waals surface area (Å²) in [6, 6.07) is 0. The molecule has 3 nitrogen and oxygen atoms in total. The molecule has 0 fully saturated rings. The van der Waals surface area contributed by atoms with E-state index in [-0.39, 0.29) is 11.5 Å². The van der Waals surface area contributed by atoms with Crippen molar-refractivity contribution in [3.8, 4) is 0 Å². The molecule has 0 aliphatic rings. The largest absolute Gasteiger partial charge is 0.337 e. The molecule has 4 heteroatoms. The van der Waals surface area contributed by atoms with Gasteiger partial charge in [-0.2, -0.15) is 0 Å². The van der Waals surface area contributed by atoms with Gasteiger partial charge in [0.2, 0.25) is 6.41 Å². The van der Waals surface area contributed by atoms with Crippen LogP contribution in [0.3, 0.4) is 0 Å². The predicted molar refractivity (Wildman–Crippen MR) is 50.1 cm³/mol. The first-order valence-corrected chi connectivity index (χ1v) is 4.07. The minimum atomic E-state index is -0.0748. The van der Waals surface area contributed by atoms with Gasteiger partial charge in [0.1, 0.15) is 5.37 Å². The van der Waals surface area contributed by atoms with Crippen LogP contribution in [0.15, 0.2) is 25.3 Å². The first-order chi connectivity index (χ1) is 5.74. The van der Waals surface area contributed by atoms with E-state index in [1.807, 2.05) is 0 Å². The lowest BCUT2D eigenvalue weighted by Crippen LogP contribution is -2.15. The molecule has 0 heterocycles. The van der Waals surface area contributed by atoms with Gasteiger partial charge in [0, 0.05) is 6.42 Å². The van der Waals surface area contributed by atoms with Crippen molar-refractivity contribution in [1.82, 2.24) is 5.32 Å². The van der Waals surface area contributed by atoms with Gasteiger partial charge in [0.15, 0.2) is 5.12 Å². The smallest absolute Gasteiger partial charge is 0.208 e. The maximum absolute atomic E-state index is 11.0. The summed E-state index contributed by atoms with van der Waals surface area (Å²) >= 11 is 0.940. The lowest BCUT2D eigenvalue weighted by molar-refractivity contribution is -0.110. The minimum Gasteiger partial charge on any atom is -0.337 e. The van der Waals surface area contributed by atoms with Crippen molar-refractivity contribution >= 4 is 23.3 Å². The second-order valence-electron chi connectivity index (χ2n) is 1.80. The first-order valence-electron chi connectivity index (χ1n) is 3.25. The van der Waals surface area contributed by atoms with E-state index in [4.69, 9.17) is 0 Å². The topological polar surface area (TPSA) is 46.2 Å². The zero-order valence-electron chi connectivity index (χ0n) is 6.58. The Bertz CT molecular complexity index is 191. The molecule has 0 unspecified atom stereocenters. The van der Waals surface area contributed by atoms with Crippen LogP contribution in [0.4, 0.5) is 0 Å². The highest BCUT2D eigenvalue weighted by molar-refractivity contribution is 8.16. The van der Waals surface area contributed by atoms with Crippen molar-refractivity contribution in [1.29, 1.82) is 0 Å². The zero-order valence-corrected chi connectivity index (χ0v) is 7.39. The standard InChI is InChI=1S/C8H10NO2S/c1-3-5-8(11)12-7(4-2)9-6-10/h3-4,6H,1-2,5H2,(H,9,10). The molecule has 1 radical (unpaired) electrons. The monoisotopic (exact) mass is 184 g/mol. The molecule has 12 heavy (non-hydrogen) atoms. The van der Waals surface area contributed by atoms with Crippen molar-refractivity contribution in [3.63, 3.8) is 0 Å². The summed E-state index contributed by atoms with van der Waals surface area (Å²) in [5.74, 6) is 0. The fourth-order valence-corrected chi connectivity index (χ4v) is 1.11. The van der Waals surface area contributed by atoms with Gasteiger partial charge in [-0.15, -0.1) is 6.58 Å². The number of thioether (sulfide) groups is 1. The van der Waals surface area contributed by atoms with Crippen LogP contribution in [0, 0.1) is 5.37 Å². The van der Waals surface area contributed by atoms with Crippen LogP contribution in [0.5, 0.6) is 0 Å². The normalized spacial score (nSPS) is 9.08. The third-order valence-electron chi connectivity index (χ3n) is 0.921. The molecule has 0 atom stereocenters. The van der Waals surface area contributed by atoms with E-state index in [0.29, 0.717) is 11.8 Å². The third kappa shape index (κ3) is 4.73. The molecule has 0 aromatic carbocycles. The number of allylic oxidation sites excluding steroid dienone is 1.